The number of rotatable bonds is 5. The molecule has 1 aromatic rings. The maximum absolute atomic E-state index is 11.5. The zero-order valence-electron chi connectivity index (χ0n) is 11.3. The van der Waals surface area contributed by atoms with E-state index in [2.05, 4.69) is 15.5 Å². The van der Waals surface area contributed by atoms with E-state index in [1.54, 1.807) is 30.9 Å². The Hall–Kier alpha value is -1.69. The van der Waals surface area contributed by atoms with Gasteiger partial charge in [-0.3, -0.25) is 4.79 Å². The highest BCUT2D eigenvalue weighted by atomic mass is 16.3. The molecule has 6 nitrogen and oxygen atoms in total. The maximum atomic E-state index is 11.5. The van der Waals surface area contributed by atoms with Crippen LogP contribution in [0.25, 0.3) is 0 Å². The third-order valence-corrected chi connectivity index (χ3v) is 2.24. The molecule has 1 amide bonds. The normalized spacial score (nSPS) is 11.2. The van der Waals surface area contributed by atoms with Crippen LogP contribution in [0, 0.1) is 0 Å². The summed E-state index contributed by atoms with van der Waals surface area (Å²) in [5, 5.41) is 20.2. The van der Waals surface area contributed by atoms with Crippen LogP contribution in [-0.4, -0.2) is 46.9 Å². The van der Waals surface area contributed by atoms with Gasteiger partial charge in [0.15, 0.2) is 11.5 Å². The molecule has 0 saturated heterocycles. The van der Waals surface area contributed by atoms with Crippen molar-refractivity contribution in [2.45, 2.75) is 26.4 Å². The van der Waals surface area contributed by atoms with Gasteiger partial charge in [0.25, 0.3) is 5.91 Å². The summed E-state index contributed by atoms with van der Waals surface area (Å²) in [6.45, 7) is 6.28. The lowest BCUT2D eigenvalue weighted by atomic mass is 10.1. The lowest BCUT2D eigenvalue weighted by Gasteiger charge is -2.25. The van der Waals surface area contributed by atoms with Crippen LogP contribution in [0.5, 0.6) is 0 Å². The molecule has 2 N–H and O–H groups in total. The summed E-state index contributed by atoms with van der Waals surface area (Å²) in [6, 6.07) is 3.33. The molecule has 0 aromatic carbocycles. The van der Waals surface area contributed by atoms with E-state index < -0.39 is 5.60 Å². The van der Waals surface area contributed by atoms with Gasteiger partial charge in [-0.05, 0) is 32.9 Å². The van der Waals surface area contributed by atoms with Crippen molar-refractivity contribution in [2.75, 3.05) is 25.0 Å². The third-order valence-electron chi connectivity index (χ3n) is 2.24. The van der Waals surface area contributed by atoms with Gasteiger partial charge in [0, 0.05) is 20.1 Å². The second-order valence-electron chi connectivity index (χ2n) is 4.80. The maximum Gasteiger partial charge on any atom is 0.271 e. The summed E-state index contributed by atoms with van der Waals surface area (Å²) in [7, 11) is 1.81. The molecule has 0 atom stereocenters. The van der Waals surface area contributed by atoms with E-state index in [-0.39, 0.29) is 11.6 Å². The molecule has 0 spiro atoms. The first-order valence-corrected chi connectivity index (χ1v) is 5.89. The molecule has 0 aliphatic heterocycles. The highest BCUT2D eigenvalue weighted by Gasteiger charge is 2.17. The summed E-state index contributed by atoms with van der Waals surface area (Å²) in [5.41, 5.74) is -0.522. The topological polar surface area (TPSA) is 78.4 Å². The number of nitrogens with zero attached hydrogens (tertiary/aromatic N) is 3. The lowest BCUT2D eigenvalue weighted by molar-refractivity contribution is 0.0882. The molecule has 0 aliphatic carbocycles. The fraction of sp³-hybridized carbons (Fsp3) is 0.583. The fourth-order valence-electron chi connectivity index (χ4n) is 1.56. The van der Waals surface area contributed by atoms with Gasteiger partial charge in [-0.25, -0.2) is 0 Å². The Morgan fingerprint density at radius 2 is 2.11 bits per heavy atom. The molecule has 1 rings (SSSR count). The average molecular weight is 252 g/mol. The SMILES string of the molecule is CCNC(=O)c1ccc(N(C)CC(C)(C)O)nn1. The van der Waals surface area contributed by atoms with E-state index in [9.17, 15) is 9.90 Å². The second-order valence-corrected chi connectivity index (χ2v) is 4.80. The molecule has 0 unspecified atom stereocenters. The van der Waals surface area contributed by atoms with Gasteiger partial charge in [0.1, 0.15) is 0 Å². The Kier molecular flexibility index (Phi) is 4.61. The first-order chi connectivity index (χ1) is 8.33. The first kappa shape index (κ1) is 14.4. The van der Waals surface area contributed by atoms with E-state index in [1.165, 1.54) is 0 Å². The molecule has 0 saturated carbocycles. The summed E-state index contributed by atoms with van der Waals surface area (Å²) >= 11 is 0. The van der Waals surface area contributed by atoms with Crippen LogP contribution >= 0.6 is 0 Å². The molecule has 100 valence electrons. The number of aliphatic hydroxyl groups is 1. The standard InChI is InChI=1S/C12H20N4O2/c1-5-13-11(17)9-6-7-10(15-14-9)16(4)8-12(2,3)18/h6-7,18H,5,8H2,1-4H3,(H,13,17). The van der Waals surface area contributed by atoms with Crippen molar-refractivity contribution in [1.82, 2.24) is 15.5 Å². The van der Waals surface area contributed by atoms with Gasteiger partial charge in [0.05, 0.1) is 5.60 Å². The number of likely N-dealkylation sites (N-methyl/N-ethyl adjacent to an activating group) is 1. The van der Waals surface area contributed by atoms with Crippen LogP contribution in [0.1, 0.15) is 31.3 Å². The zero-order valence-corrected chi connectivity index (χ0v) is 11.3. The number of carbonyl (C=O) groups excluding carboxylic acids is 1. The number of aromatic nitrogens is 2. The van der Waals surface area contributed by atoms with E-state index in [0.717, 1.165) is 0 Å². The van der Waals surface area contributed by atoms with Crippen molar-refractivity contribution in [3.05, 3.63) is 17.8 Å². The molecule has 0 aliphatic rings. The largest absolute Gasteiger partial charge is 0.389 e. The number of anilines is 1. The molecular formula is C12H20N4O2. The van der Waals surface area contributed by atoms with E-state index in [1.807, 2.05) is 14.0 Å². The summed E-state index contributed by atoms with van der Waals surface area (Å²) in [4.78, 5) is 13.3. The molecule has 1 heterocycles. The Morgan fingerprint density at radius 3 is 2.56 bits per heavy atom. The predicted octanol–water partition coefficient (Wildman–Crippen LogP) is 0.433. The van der Waals surface area contributed by atoms with Crippen molar-refractivity contribution in [3.8, 4) is 0 Å². The van der Waals surface area contributed by atoms with Gasteiger partial charge in [0.2, 0.25) is 0 Å². The molecule has 0 fully saturated rings. The molecule has 18 heavy (non-hydrogen) atoms. The van der Waals surface area contributed by atoms with Gasteiger partial charge >= 0.3 is 0 Å². The number of amides is 1. The van der Waals surface area contributed by atoms with Crippen molar-refractivity contribution in [1.29, 1.82) is 0 Å². The quantitative estimate of drug-likeness (QED) is 0.794. The van der Waals surface area contributed by atoms with Crippen LogP contribution in [0.4, 0.5) is 5.82 Å². The Bertz CT molecular complexity index is 398. The summed E-state index contributed by atoms with van der Waals surface area (Å²) in [5.74, 6) is 0.381. The van der Waals surface area contributed by atoms with Crippen molar-refractivity contribution >= 4 is 11.7 Å². The monoisotopic (exact) mass is 252 g/mol. The van der Waals surface area contributed by atoms with Gasteiger partial charge in [-0.1, -0.05) is 0 Å². The minimum Gasteiger partial charge on any atom is -0.389 e. The van der Waals surface area contributed by atoms with Crippen molar-refractivity contribution in [3.63, 3.8) is 0 Å². The highest BCUT2D eigenvalue weighted by molar-refractivity contribution is 5.92. The summed E-state index contributed by atoms with van der Waals surface area (Å²) in [6.07, 6.45) is 0. The van der Waals surface area contributed by atoms with E-state index >= 15 is 0 Å². The molecule has 1 aromatic heterocycles. The van der Waals surface area contributed by atoms with Crippen LogP contribution in [0.2, 0.25) is 0 Å². The molecule has 0 radical (unpaired) electrons. The number of carbonyl (C=O) groups is 1. The van der Waals surface area contributed by atoms with Crippen LogP contribution in [-0.2, 0) is 0 Å². The first-order valence-electron chi connectivity index (χ1n) is 5.89. The molecular weight excluding hydrogens is 232 g/mol. The third kappa shape index (κ3) is 4.29. The number of hydrogen-bond donors (Lipinski definition) is 2. The zero-order chi connectivity index (χ0) is 13.8. The average Bonchev–Trinajstić information content (AvgIpc) is 2.27. The van der Waals surface area contributed by atoms with Gasteiger partial charge in [-0.2, -0.15) is 0 Å². The van der Waals surface area contributed by atoms with Crippen molar-refractivity contribution < 1.29 is 9.90 Å². The molecule has 0 bridgehead atoms. The molecule has 6 heteroatoms. The number of nitrogens with one attached hydrogen (secondary N) is 1. The van der Waals surface area contributed by atoms with Crippen LogP contribution in [0.15, 0.2) is 12.1 Å². The Labute approximate surface area is 107 Å². The van der Waals surface area contributed by atoms with Crippen LogP contribution < -0.4 is 10.2 Å². The Morgan fingerprint density at radius 1 is 1.44 bits per heavy atom. The second kappa shape index (κ2) is 5.77. The minimum absolute atomic E-state index is 0.235. The van der Waals surface area contributed by atoms with Crippen LogP contribution in [0.3, 0.4) is 0 Å². The smallest absolute Gasteiger partial charge is 0.271 e. The van der Waals surface area contributed by atoms with Crippen molar-refractivity contribution in [2.24, 2.45) is 0 Å². The number of hydrogen-bond acceptors (Lipinski definition) is 5. The highest BCUT2D eigenvalue weighted by Crippen LogP contribution is 2.11. The van der Waals surface area contributed by atoms with E-state index in [4.69, 9.17) is 0 Å². The lowest BCUT2D eigenvalue weighted by Crippen LogP contribution is -2.36. The minimum atomic E-state index is -0.811. The van der Waals surface area contributed by atoms with E-state index in [0.29, 0.717) is 18.9 Å². The fourth-order valence-corrected chi connectivity index (χ4v) is 1.56. The van der Waals surface area contributed by atoms with Gasteiger partial charge < -0.3 is 15.3 Å². The summed E-state index contributed by atoms with van der Waals surface area (Å²) < 4.78 is 0. The predicted molar refractivity (Wildman–Crippen MR) is 69.6 cm³/mol. The Balaban J connectivity index is 2.73. The van der Waals surface area contributed by atoms with Gasteiger partial charge in [-0.15, -0.1) is 10.2 Å².